The Morgan fingerprint density at radius 1 is 1.00 bits per heavy atom. The van der Waals surface area contributed by atoms with Crippen molar-refractivity contribution in [2.24, 2.45) is 0 Å². The maximum absolute atomic E-state index is 12.5. The number of benzene rings is 2. The molecule has 1 aliphatic rings. The zero-order valence-electron chi connectivity index (χ0n) is 10.9. The summed E-state index contributed by atoms with van der Waals surface area (Å²) in [7, 11) is 1.74. The minimum atomic E-state index is -1.17. The van der Waals surface area contributed by atoms with Crippen molar-refractivity contribution in [3.63, 3.8) is 0 Å². The smallest absolute Gasteiger partial charge is 0.258 e. The topological polar surface area (TPSA) is 40.5 Å². The molecule has 3 heteroatoms. The Morgan fingerprint density at radius 2 is 1.58 bits per heavy atom. The molecule has 3 nitrogen and oxygen atoms in total. The molecule has 0 radical (unpaired) electrons. The van der Waals surface area contributed by atoms with Crippen molar-refractivity contribution in [2.75, 3.05) is 11.9 Å². The van der Waals surface area contributed by atoms with E-state index in [9.17, 15) is 9.90 Å². The highest BCUT2D eigenvalue weighted by atomic mass is 16.3. The van der Waals surface area contributed by atoms with Crippen molar-refractivity contribution in [3.05, 3.63) is 65.2 Å². The summed E-state index contributed by atoms with van der Waals surface area (Å²) in [6, 6.07) is 14.7. The molecule has 96 valence electrons. The van der Waals surface area contributed by atoms with Gasteiger partial charge in [-0.15, -0.1) is 0 Å². The van der Waals surface area contributed by atoms with Crippen molar-refractivity contribution in [3.8, 4) is 0 Å². The van der Waals surface area contributed by atoms with Gasteiger partial charge >= 0.3 is 0 Å². The van der Waals surface area contributed by atoms with Gasteiger partial charge < -0.3 is 10.0 Å². The molecule has 1 atom stereocenters. The summed E-state index contributed by atoms with van der Waals surface area (Å²) < 4.78 is 0. The Bertz CT molecular complexity index is 661. The number of rotatable bonds is 0. The molecule has 1 heterocycles. The first-order valence-corrected chi connectivity index (χ1v) is 6.23. The van der Waals surface area contributed by atoms with Gasteiger partial charge in [0, 0.05) is 23.7 Å². The first-order valence-electron chi connectivity index (χ1n) is 6.23. The number of amides is 1. The molecule has 1 aliphatic heterocycles. The van der Waals surface area contributed by atoms with Crippen LogP contribution in [0.1, 0.15) is 28.4 Å². The van der Waals surface area contributed by atoms with E-state index in [1.807, 2.05) is 42.5 Å². The van der Waals surface area contributed by atoms with Crippen LogP contribution in [0.4, 0.5) is 5.69 Å². The largest absolute Gasteiger partial charge is 0.381 e. The highest BCUT2D eigenvalue weighted by molar-refractivity contribution is 6.08. The maximum Gasteiger partial charge on any atom is 0.258 e. The Morgan fingerprint density at radius 3 is 2.32 bits per heavy atom. The zero-order chi connectivity index (χ0) is 13.6. The van der Waals surface area contributed by atoms with Crippen LogP contribution in [-0.2, 0) is 5.60 Å². The quantitative estimate of drug-likeness (QED) is 0.783. The van der Waals surface area contributed by atoms with Crippen LogP contribution in [0.25, 0.3) is 0 Å². The van der Waals surface area contributed by atoms with E-state index in [-0.39, 0.29) is 5.91 Å². The minimum absolute atomic E-state index is 0.0965. The Hall–Kier alpha value is -2.13. The number of aliphatic hydroxyl groups is 1. The molecule has 0 aliphatic carbocycles. The molecule has 1 unspecified atom stereocenters. The molecule has 0 fully saturated rings. The van der Waals surface area contributed by atoms with Crippen LogP contribution >= 0.6 is 0 Å². The molecule has 2 aromatic rings. The van der Waals surface area contributed by atoms with E-state index >= 15 is 0 Å². The van der Waals surface area contributed by atoms with Crippen LogP contribution in [0.15, 0.2) is 48.5 Å². The van der Waals surface area contributed by atoms with Gasteiger partial charge in [0.05, 0.1) is 5.69 Å². The number of hydrogen-bond donors (Lipinski definition) is 1. The molecule has 0 bridgehead atoms. The van der Waals surface area contributed by atoms with Gasteiger partial charge in [-0.1, -0.05) is 36.4 Å². The highest BCUT2D eigenvalue weighted by Gasteiger charge is 2.37. The second kappa shape index (κ2) is 3.93. The van der Waals surface area contributed by atoms with E-state index in [2.05, 4.69) is 0 Å². The van der Waals surface area contributed by atoms with Gasteiger partial charge in [-0.05, 0) is 19.1 Å². The number of fused-ring (bicyclic) bond motifs is 2. The van der Waals surface area contributed by atoms with Gasteiger partial charge in [-0.2, -0.15) is 0 Å². The normalized spacial score (nSPS) is 21.6. The van der Waals surface area contributed by atoms with Crippen LogP contribution in [-0.4, -0.2) is 18.1 Å². The van der Waals surface area contributed by atoms with Crippen molar-refractivity contribution in [1.82, 2.24) is 0 Å². The number of carbonyl (C=O) groups is 1. The van der Waals surface area contributed by atoms with Crippen molar-refractivity contribution < 1.29 is 9.90 Å². The lowest BCUT2D eigenvalue weighted by Crippen LogP contribution is -2.25. The number of para-hydroxylation sites is 1. The molecule has 19 heavy (non-hydrogen) atoms. The van der Waals surface area contributed by atoms with Gasteiger partial charge in [0.15, 0.2) is 0 Å². The van der Waals surface area contributed by atoms with Crippen molar-refractivity contribution in [2.45, 2.75) is 12.5 Å². The predicted molar refractivity (Wildman–Crippen MR) is 74.3 cm³/mol. The van der Waals surface area contributed by atoms with Crippen LogP contribution in [0.5, 0.6) is 0 Å². The molecule has 1 N–H and O–H groups in total. The van der Waals surface area contributed by atoms with Gasteiger partial charge in [0.2, 0.25) is 0 Å². The van der Waals surface area contributed by atoms with Gasteiger partial charge in [-0.3, -0.25) is 4.79 Å². The summed E-state index contributed by atoms with van der Waals surface area (Å²) in [6.45, 7) is 1.73. The van der Waals surface area contributed by atoms with Crippen LogP contribution in [0.2, 0.25) is 0 Å². The standard InChI is InChI=1S/C16H15NO2/c1-16(19)12-8-4-3-7-11(12)15(18)17(2)14-10-6-5-9-13(14)16/h3-10,19H,1-2H3. The predicted octanol–water partition coefficient (Wildman–Crippen LogP) is 2.53. The second-order valence-electron chi connectivity index (χ2n) is 5.00. The minimum Gasteiger partial charge on any atom is -0.381 e. The average molecular weight is 253 g/mol. The Kier molecular flexibility index (Phi) is 2.47. The van der Waals surface area contributed by atoms with Crippen LogP contribution in [0.3, 0.4) is 0 Å². The van der Waals surface area contributed by atoms with E-state index < -0.39 is 5.60 Å². The molecule has 2 aromatic carbocycles. The lowest BCUT2D eigenvalue weighted by Gasteiger charge is -2.26. The van der Waals surface area contributed by atoms with E-state index in [0.717, 1.165) is 11.3 Å². The molecule has 0 spiro atoms. The highest BCUT2D eigenvalue weighted by Crippen LogP contribution is 2.40. The third-order valence-electron chi connectivity index (χ3n) is 3.78. The van der Waals surface area contributed by atoms with Gasteiger partial charge in [-0.25, -0.2) is 0 Å². The van der Waals surface area contributed by atoms with Gasteiger partial charge in [0.1, 0.15) is 5.60 Å². The molecular formula is C16H15NO2. The third-order valence-corrected chi connectivity index (χ3v) is 3.78. The second-order valence-corrected chi connectivity index (χ2v) is 5.00. The first-order chi connectivity index (χ1) is 9.03. The SMILES string of the molecule is CN1C(=O)c2ccccc2C(C)(O)c2ccccc21. The van der Waals surface area contributed by atoms with Crippen LogP contribution in [0, 0.1) is 0 Å². The zero-order valence-corrected chi connectivity index (χ0v) is 10.9. The number of carbonyl (C=O) groups excluding carboxylic acids is 1. The summed E-state index contributed by atoms with van der Waals surface area (Å²) in [5.74, 6) is -0.0965. The van der Waals surface area contributed by atoms with Crippen LogP contribution < -0.4 is 4.90 Å². The summed E-state index contributed by atoms with van der Waals surface area (Å²) in [6.07, 6.45) is 0. The molecule has 3 rings (SSSR count). The molecular weight excluding hydrogens is 238 g/mol. The molecule has 0 saturated carbocycles. The Balaban J connectivity index is 2.39. The number of nitrogens with zero attached hydrogens (tertiary/aromatic N) is 1. The maximum atomic E-state index is 12.5. The summed E-state index contributed by atoms with van der Waals surface area (Å²) in [5.41, 5.74) is 1.51. The fraction of sp³-hybridized carbons (Fsp3) is 0.188. The van der Waals surface area contributed by atoms with E-state index in [1.54, 1.807) is 24.9 Å². The molecule has 1 amide bonds. The van der Waals surface area contributed by atoms with E-state index in [0.29, 0.717) is 11.1 Å². The summed E-state index contributed by atoms with van der Waals surface area (Å²) in [4.78, 5) is 14.1. The van der Waals surface area contributed by atoms with E-state index in [1.165, 1.54) is 0 Å². The number of hydrogen-bond acceptors (Lipinski definition) is 2. The van der Waals surface area contributed by atoms with E-state index in [4.69, 9.17) is 0 Å². The Labute approximate surface area is 112 Å². The van der Waals surface area contributed by atoms with Crippen molar-refractivity contribution >= 4 is 11.6 Å². The third kappa shape index (κ3) is 1.59. The number of anilines is 1. The molecule has 0 saturated heterocycles. The molecule has 0 aromatic heterocycles. The first kappa shape index (κ1) is 11.9. The lowest BCUT2D eigenvalue weighted by molar-refractivity contribution is 0.0956. The monoisotopic (exact) mass is 253 g/mol. The fourth-order valence-electron chi connectivity index (χ4n) is 2.71. The lowest BCUT2D eigenvalue weighted by atomic mass is 9.85. The van der Waals surface area contributed by atoms with Gasteiger partial charge in [0.25, 0.3) is 5.91 Å². The average Bonchev–Trinajstić information content (AvgIpc) is 2.50. The van der Waals surface area contributed by atoms with Crippen molar-refractivity contribution in [1.29, 1.82) is 0 Å². The fourth-order valence-corrected chi connectivity index (χ4v) is 2.71. The summed E-state index contributed by atoms with van der Waals surface area (Å²) in [5, 5.41) is 10.9. The summed E-state index contributed by atoms with van der Waals surface area (Å²) >= 11 is 0.